The van der Waals surface area contributed by atoms with Crippen LogP contribution in [0.5, 0.6) is 5.75 Å². The second kappa shape index (κ2) is 3.92. The third kappa shape index (κ3) is 3.74. The maximum Gasteiger partial charge on any atom is 0.150 e. The Labute approximate surface area is 80.3 Å². The van der Waals surface area contributed by atoms with Crippen LogP contribution >= 0.6 is 15.9 Å². The number of rotatable bonds is 3. The molecule has 1 aromatic carbocycles. The molecular weight excluding hydrogens is 220 g/mol. The third-order valence-corrected chi connectivity index (χ3v) is 1.47. The Morgan fingerprint density at radius 3 is 2.50 bits per heavy atom. The van der Waals surface area contributed by atoms with Gasteiger partial charge in [-0.25, -0.2) is 0 Å². The van der Waals surface area contributed by atoms with Crippen LogP contribution in [-0.2, 0) is 0 Å². The first-order chi connectivity index (χ1) is 5.58. The van der Waals surface area contributed by atoms with Crippen LogP contribution in [0.1, 0.15) is 6.92 Å². The van der Waals surface area contributed by atoms with E-state index in [-0.39, 0.29) is 6.61 Å². The average Bonchev–Trinajstić information content (AvgIpc) is 2.02. The second-order valence-electron chi connectivity index (χ2n) is 2.74. The quantitative estimate of drug-likeness (QED) is 0.808. The zero-order chi connectivity index (χ0) is 9.03. The molecule has 0 fully saturated rings. The molecule has 3 heteroatoms. The van der Waals surface area contributed by atoms with Crippen LogP contribution in [0.15, 0.2) is 30.3 Å². The van der Waals surface area contributed by atoms with Crippen molar-refractivity contribution in [2.45, 2.75) is 11.4 Å². The molecule has 0 aliphatic heterocycles. The highest BCUT2D eigenvalue weighted by Gasteiger charge is 2.15. The van der Waals surface area contributed by atoms with Gasteiger partial charge in [0.2, 0.25) is 0 Å². The van der Waals surface area contributed by atoms with Gasteiger partial charge in [0.25, 0.3) is 0 Å². The van der Waals surface area contributed by atoms with Crippen molar-refractivity contribution < 1.29 is 9.84 Å². The number of benzene rings is 1. The number of aliphatic hydroxyl groups is 1. The molecule has 0 heterocycles. The summed E-state index contributed by atoms with van der Waals surface area (Å²) in [5.74, 6) is 0.761. The largest absolute Gasteiger partial charge is 0.490 e. The third-order valence-electron chi connectivity index (χ3n) is 1.25. The maximum atomic E-state index is 9.27. The molecule has 12 heavy (non-hydrogen) atoms. The Kier molecular flexibility index (Phi) is 3.12. The van der Waals surface area contributed by atoms with Gasteiger partial charge in [0.15, 0.2) is 0 Å². The highest BCUT2D eigenvalue weighted by Crippen LogP contribution is 2.15. The molecule has 0 aromatic heterocycles. The summed E-state index contributed by atoms with van der Waals surface area (Å²) in [6.45, 7) is 1.87. The fourth-order valence-electron chi connectivity index (χ4n) is 0.732. The molecular formula is C9H11BrO2. The van der Waals surface area contributed by atoms with Crippen LogP contribution in [-0.4, -0.2) is 16.2 Å². The lowest BCUT2D eigenvalue weighted by Gasteiger charge is -2.15. The van der Waals surface area contributed by atoms with E-state index in [1.54, 1.807) is 6.92 Å². The van der Waals surface area contributed by atoms with Crippen molar-refractivity contribution >= 4 is 15.9 Å². The molecule has 0 amide bonds. The summed E-state index contributed by atoms with van der Waals surface area (Å²) >= 11 is 3.07. The molecule has 1 N–H and O–H groups in total. The Balaban J connectivity index is 2.44. The summed E-state index contributed by atoms with van der Waals surface area (Å²) in [5, 5.41) is 9.27. The fraction of sp³-hybridized carbons (Fsp3) is 0.333. The molecule has 0 bridgehead atoms. The van der Waals surface area contributed by atoms with Crippen LogP contribution in [0, 0.1) is 0 Å². The van der Waals surface area contributed by atoms with Crippen LogP contribution in [0.4, 0.5) is 0 Å². The molecule has 1 rings (SSSR count). The Morgan fingerprint density at radius 2 is 2.00 bits per heavy atom. The molecule has 0 aliphatic carbocycles. The summed E-state index contributed by atoms with van der Waals surface area (Å²) in [4.78, 5) is 0. The van der Waals surface area contributed by atoms with E-state index < -0.39 is 4.51 Å². The van der Waals surface area contributed by atoms with E-state index in [4.69, 9.17) is 4.74 Å². The molecule has 0 saturated carbocycles. The fourth-order valence-corrected chi connectivity index (χ4v) is 0.846. The van der Waals surface area contributed by atoms with Crippen molar-refractivity contribution in [3.05, 3.63) is 30.3 Å². The molecule has 66 valence electrons. The van der Waals surface area contributed by atoms with Crippen LogP contribution in [0.2, 0.25) is 0 Å². The van der Waals surface area contributed by atoms with Gasteiger partial charge in [-0.3, -0.25) is 0 Å². The summed E-state index contributed by atoms with van der Waals surface area (Å²) in [6.07, 6.45) is 0. The van der Waals surface area contributed by atoms with E-state index >= 15 is 0 Å². The predicted molar refractivity (Wildman–Crippen MR) is 51.5 cm³/mol. The molecule has 1 atom stereocenters. The first-order valence-electron chi connectivity index (χ1n) is 3.67. The lowest BCUT2D eigenvalue weighted by Crippen LogP contribution is -2.24. The van der Waals surface area contributed by atoms with Gasteiger partial charge >= 0.3 is 0 Å². The Morgan fingerprint density at radius 1 is 1.42 bits per heavy atom. The van der Waals surface area contributed by atoms with Crippen molar-refractivity contribution in [2.75, 3.05) is 6.61 Å². The van der Waals surface area contributed by atoms with Gasteiger partial charge in [-0.05, 0) is 19.1 Å². The molecule has 0 spiro atoms. The molecule has 1 aromatic rings. The van der Waals surface area contributed by atoms with E-state index in [1.165, 1.54) is 0 Å². The molecule has 0 saturated heterocycles. The minimum Gasteiger partial charge on any atom is -0.490 e. The topological polar surface area (TPSA) is 29.5 Å². The van der Waals surface area contributed by atoms with Gasteiger partial charge in [0.1, 0.15) is 16.9 Å². The van der Waals surface area contributed by atoms with Gasteiger partial charge < -0.3 is 9.84 Å². The smallest absolute Gasteiger partial charge is 0.150 e. The van der Waals surface area contributed by atoms with Crippen LogP contribution in [0.3, 0.4) is 0 Å². The number of alkyl halides is 1. The van der Waals surface area contributed by atoms with E-state index in [0.717, 1.165) is 5.75 Å². The van der Waals surface area contributed by atoms with Crippen LogP contribution < -0.4 is 4.74 Å². The summed E-state index contributed by atoms with van der Waals surface area (Å²) < 4.78 is 4.32. The SMILES string of the molecule is CC(O)(Br)COc1ccccc1. The highest BCUT2D eigenvalue weighted by atomic mass is 79.9. The van der Waals surface area contributed by atoms with Crippen molar-refractivity contribution in [1.82, 2.24) is 0 Å². The monoisotopic (exact) mass is 230 g/mol. The Hall–Kier alpha value is -0.540. The van der Waals surface area contributed by atoms with E-state index in [0.29, 0.717) is 0 Å². The minimum absolute atomic E-state index is 0.233. The highest BCUT2D eigenvalue weighted by molar-refractivity contribution is 9.10. The second-order valence-corrected chi connectivity index (χ2v) is 4.45. The molecule has 2 nitrogen and oxygen atoms in total. The minimum atomic E-state index is -0.956. The van der Waals surface area contributed by atoms with E-state index in [9.17, 15) is 5.11 Å². The van der Waals surface area contributed by atoms with Crippen LogP contribution in [0.25, 0.3) is 0 Å². The van der Waals surface area contributed by atoms with Crippen molar-refractivity contribution in [1.29, 1.82) is 0 Å². The lowest BCUT2D eigenvalue weighted by molar-refractivity contribution is 0.0987. The number of ether oxygens (including phenoxy) is 1. The van der Waals surface area contributed by atoms with Gasteiger partial charge in [-0.2, -0.15) is 0 Å². The predicted octanol–water partition coefficient (Wildman–Crippen LogP) is 2.17. The van der Waals surface area contributed by atoms with Gasteiger partial charge in [0, 0.05) is 0 Å². The number of para-hydroxylation sites is 1. The van der Waals surface area contributed by atoms with Crippen molar-refractivity contribution in [2.24, 2.45) is 0 Å². The van der Waals surface area contributed by atoms with Crippen molar-refractivity contribution in [3.8, 4) is 5.75 Å². The van der Waals surface area contributed by atoms with Gasteiger partial charge in [0.05, 0.1) is 0 Å². The zero-order valence-corrected chi connectivity index (χ0v) is 8.41. The normalized spacial score (nSPS) is 15.2. The number of hydrogen-bond donors (Lipinski definition) is 1. The summed E-state index contributed by atoms with van der Waals surface area (Å²) in [7, 11) is 0. The average molecular weight is 231 g/mol. The summed E-state index contributed by atoms with van der Waals surface area (Å²) in [6, 6.07) is 9.38. The summed E-state index contributed by atoms with van der Waals surface area (Å²) in [5.41, 5.74) is 0. The first kappa shape index (κ1) is 9.55. The molecule has 0 radical (unpaired) electrons. The van der Waals surface area contributed by atoms with E-state index in [1.807, 2.05) is 30.3 Å². The standard InChI is InChI=1S/C9H11BrO2/c1-9(10,11)7-12-8-5-3-2-4-6-8/h2-6,11H,7H2,1H3. The maximum absolute atomic E-state index is 9.27. The van der Waals surface area contributed by atoms with E-state index in [2.05, 4.69) is 15.9 Å². The van der Waals surface area contributed by atoms with Gasteiger partial charge in [-0.1, -0.05) is 34.1 Å². The molecule has 0 aliphatic rings. The lowest BCUT2D eigenvalue weighted by atomic mass is 10.3. The number of hydrogen-bond acceptors (Lipinski definition) is 2. The Bertz CT molecular complexity index is 228. The van der Waals surface area contributed by atoms with Crippen molar-refractivity contribution in [3.63, 3.8) is 0 Å². The first-order valence-corrected chi connectivity index (χ1v) is 4.46. The molecule has 1 unspecified atom stereocenters. The van der Waals surface area contributed by atoms with Gasteiger partial charge in [-0.15, -0.1) is 0 Å². The zero-order valence-electron chi connectivity index (χ0n) is 6.83. The number of halogens is 1.